The fourth-order valence-electron chi connectivity index (χ4n) is 4.01. The second-order valence-electron chi connectivity index (χ2n) is 8.35. The predicted octanol–water partition coefficient (Wildman–Crippen LogP) is 3.04. The van der Waals surface area contributed by atoms with Gasteiger partial charge in [0, 0.05) is 62.5 Å². The minimum atomic E-state index is -0.121. The summed E-state index contributed by atoms with van der Waals surface area (Å²) in [6.45, 7) is 1.99. The van der Waals surface area contributed by atoms with Gasteiger partial charge in [-0.2, -0.15) is 0 Å². The minimum absolute atomic E-state index is 0.112. The van der Waals surface area contributed by atoms with Crippen LogP contribution in [0.15, 0.2) is 55.0 Å². The van der Waals surface area contributed by atoms with Crippen LogP contribution in [0, 0.1) is 5.92 Å². The number of benzene rings is 1. The number of aromatic nitrogens is 2. The molecule has 0 atom stereocenters. The van der Waals surface area contributed by atoms with Crippen LogP contribution in [0.25, 0.3) is 5.65 Å². The highest BCUT2D eigenvalue weighted by Gasteiger charge is 2.35. The Morgan fingerprint density at radius 1 is 1.03 bits per heavy atom. The summed E-state index contributed by atoms with van der Waals surface area (Å²) in [5, 5.41) is 2.95. The molecule has 1 aliphatic heterocycles. The predicted molar refractivity (Wildman–Crippen MR) is 116 cm³/mol. The van der Waals surface area contributed by atoms with Gasteiger partial charge in [-0.15, -0.1) is 0 Å². The van der Waals surface area contributed by atoms with E-state index in [2.05, 4.69) is 10.3 Å². The zero-order valence-corrected chi connectivity index (χ0v) is 17.4. The first-order valence-electron chi connectivity index (χ1n) is 10.9. The number of likely N-dealkylation sites (tertiary alicyclic amines) is 1. The molecule has 5 rings (SSSR count). The van der Waals surface area contributed by atoms with Gasteiger partial charge in [0.2, 0.25) is 5.91 Å². The molecule has 2 aromatic heterocycles. The molecule has 0 radical (unpaired) electrons. The average molecular weight is 418 g/mol. The summed E-state index contributed by atoms with van der Waals surface area (Å²) in [5.41, 5.74) is 2.48. The Balaban J connectivity index is 1.11. The van der Waals surface area contributed by atoms with Gasteiger partial charge in [-0.25, -0.2) is 4.98 Å². The molecule has 3 aromatic rings. The van der Waals surface area contributed by atoms with Gasteiger partial charge < -0.3 is 19.4 Å². The van der Waals surface area contributed by atoms with Gasteiger partial charge in [0.15, 0.2) is 0 Å². The molecule has 1 aliphatic carbocycles. The molecule has 0 bridgehead atoms. The van der Waals surface area contributed by atoms with Crippen LogP contribution in [-0.4, -0.2) is 45.3 Å². The number of amides is 2. The zero-order valence-electron chi connectivity index (χ0n) is 17.4. The number of piperidine rings is 1. The lowest BCUT2D eigenvalue weighted by Crippen LogP contribution is -2.42. The molecule has 7 heteroatoms. The van der Waals surface area contributed by atoms with Gasteiger partial charge in [-0.3, -0.25) is 9.59 Å². The summed E-state index contributed by atoms with van der Waals surface area (Å²) in [4.78, 5) is 30.8. The van der Waals surface area contributed by atoms with Crippen LogP contribution < -0.4 is 10.1 Å². The molecule has 2 aliphatic rings. The number of fused-ring (bicyclic) bond motifs is 1. The summed E-state index contributed by atoms with van der Waals surface area (Å²) in [7, 11) is 0. The SMILES string of the molecule is O=C(NCc1ccc2nccn2c1)c1ccc(OC2CCN(C(=O)C3CC3)CC2)cc1. The maximum Gasteiger partial charge on any atom is 0.251 e. The van der Waals surface area contributed by atoms with Crippen molar-refractivity contribution in [1.82, 2.24) is 19.6 Å². The molecule has 31 heavy (non-hydrogen) atoms. The number of hydrogen-bond acceptors (Lipinski definition) is 4. The summed E-state index contributed by atoms with van der Waals surface area (Å²) < 4.78 is 8.01. The van der Waals surface area contributed by atoms with Crippen LogP contribution in [0.4, 0.5) is 0 Å². The number of hydrogen-bond donors (Lipinski definition) is 1. The highest BCUT2D eigenvalue weighted by Crippen LogP contribution is 2.32. The van der Waals surface area contributed by atoms with Gasteiger partial charge in [0.05, 0.1) is 0 Å². The van der Waals surface area contributed by atoms with Crippen molar-refractivity contribution in [3.8, 4) is 5.75 Å². The second kappa shape index (κ2) is 8.41. The number of carbonyl (C=O) groups is 2. The Labute approximate surface area is 181 Å². The van der Waals surface area contributed by atoms with Crippen molar-refractivity contribution >= 4 is 17.5 Å². The molecule has 2 fully saturated rings. The van der Waals surface area contributed by atoms with Crippen LogP contribution >= 0.6 is 0 Å². The zero-order chi connectivity index (χ0) is 21.2. The molecule has 0 unspecified atom stereocenters. The van der Waals surface area contributed by atoms with Gasteiger partial charge in [0.25, 0.3) is 5.91 Å². The van der Waals surface area contributed by atoms with E-state index in [1.807, 2.05) is 46.0 Å². The topological polar surface area (TPSA) is 75.9 Å². The number of carbonyl (C=O) groups excluding carboxylic acids is 2. The highest BCUT2D eigenvalue weighted by molar-refractivity contribution is 5.94. The highest BCUT2D eigenvalue weighted by atomic mass is 16.5. The fourth-order valence-corrected chi connectivity index (χ4v) is 4.01. The third-order valence-electron chi connectivity index (χ3n) is 6.00. The molecule has 7 nitrogen and oxygen atoms in total. The van der Waals surface area contributed by atoms with E-state index in [1.165, 1.54) is 0 Å². The van der Waals surface area contributed by atoms with E-state index in [-0.39, 0.29) is 17.9 Å². The number of rotatable bonds is 6. The van der Waals surface area contributed by atoms with Crippen LogP contribution in [0.1, 0.15) is 41.6 Å². The first kappa shape index (κ1) is 19.6. The van der Waals surface area contributed by atoms with Crippen LogP contribution in [0.2, 0.25) is 0 Å². The third kappa shape index (κ3) is 4.55. The Hall–Kier alpha value is -3.35. The van der Waals surface area contributed by atoms with Crippen molar-refractivity contribution in [1.29, 1.82) is 0 Å². The monoisotopic (exact) mass is 418 g/mol. The van der Waals surface area contributed by atoms with Gasteiger partial charge in [-0.1, -0.05) is 6.07 Å². The summed E-state index contributed by atoms with van der Waals surface area (Å²) in [5.74, 6) is 1.24. The Bertz CT molecular complexity index is 1080. The molecule has 3 heterocycles. The number of ether oxygens (including phenoxy) is 1. The largest absolute Gasteiger partial charge is 0.490 e. The lowest BCUT2D eigenvalue weighted by molar-refractivity contribution is -0.134. The lowest BCUT2D eigenvalue weighted by atomic mass is 10.1. The van der Waals surface area contributed by atoms with Crippen LogP contribution in [-0.2, 0) is 11.3 Å². The quantitative estimate of drug-likeness (QED) is 0.668. The molecule has 2 amide bonds. The van der Waals surface area contributed by atoms with Crippen molar-refractivity contribution in [2.75, 3.05) is 13.1 Å². The number of nitrogens with one attached hydrogen (secondary N) is 1. The smallest absolute Gasteiger partial charge is 0.251 e. The second-order valence-corrected chi connectivity index (χ2v) is 8.35. The Morgan fingerprint density at radius 3 is 2.55 bits per heavy atom. The average Bonchev–Trinajstić information content (AvgIpc) is 3.55. The maximum absolute atomic E-state index is 12.5. The summed E-state index contributed by atoms with van der Waals surface area (Å²) >= 11 is 0. The van der Waals surface area contributed by atoms with Crippen LogP contribution in [0.5, 0.6) is 5.75 Å². The Morgan fingerprint density at radius 2 is 1.81 bits per heavy atom. The number of imidazole rings is 1. The first-order valence-corrected chi connectivity index (χ1v) is 10.9. The van der Waals surface area contributed by atoms with Gasteiger partial charge >= 0.3 is 0 Å². The van der Waals surface area contributed by atoms with E-state index >= 15 is 0 Å². The standard InChI is InChI=1S/C24H26N4O3/c29-23(26-15-17-1-8-22-25-11-14-28(22)16-17)18-4-6-20(7-5-18)31-21-9-12-27(13-10-21)24(30)19-2-3-19/h1,4-8,11,14,16,19,21H,2-3,9-10,12-13,15H2,(H,26,29). The lowest BCUT2D eigenvalue weighted by Gasteiger charge is -2.32. The minimum Gasteiger partial charge on any atom is -0.490 e. The molecule has 1 aromatic carbocycles. The molecule has 1 saturated carbocycles. The van der Waals surface area contributed by atoms with E-state index in [4.69, 9.17) is 4.74 Å². The third-order valence-corrected chi connectivity index (χ3v) is 6.00. The number of nitrogens with zero attached hydrogens (tertiary/aromatic N) is 3. The first-order chi connectivity index (χ1) is 15.2. The summed E-state index contributed by atoms with van der Waals surface area (Å²) in [6.07, 6.45) is 9.50. The van der Waals surface area contributed by atoms with Crippen molar-refractivity contribution in [3.05, 3.63) is 66.1 Å². The molecular weight excluding hydrogens is 392 g/mol. The Kier molecular flexibility index (Phi) is 5.32. The van der Waals surface area contributed by atoms with E-state index in [0.29, 0.717) is 18.0 Å². The number of pyridine rings is 1. The molecule has 160 valence electrons. The molecule has 0 spiro atoms. The van der Waals surface area contributed by atoms with Gasteiger partial charge in [0.1, 0.15) is 17.5 Å². The van der Waals surface area contributed by atoms with Gasteiger partial charge in [-0.05, 0) is 48.7 Å². The van der Waals surface area contributed by atoms with Crippen molar-refractivity contribution in [3.63, 3.8) is 0 Å². The van der Waals surface area contributed by atoms with E-state index in [9.17, 15) is 9.59 Å². The normalized spacial score (nSPS) is 17.0. The van der Waals surface area contributed by atoms with Crippen molar-refractivity contribution < 1.29 is 14.3 Å². The molecule has 1 N–H and O–H groups in total. The van der Waals surface area contributed by atoms with Crippen molar-refractivity contribution in [2.45, 2.75) is 38.3 Å². The molecular formula is C24H26N4O3. The van der Waals surface area contributed by atoms with Crippen LogP contribution in [0.3, 0.4) is 0 Å². The van der Waals surface area contributed by atoms with E-state index in [1.54, 1.807) is 18.3 Å². The summed E-state index contributed by atoms with van der Waals surface area (Å²) in [6, 6.07) is 11.1. The van der Waals surface area contributed by atoms with E-state index in [0.717, 1.165) is 55.7 Å². The molecule has 1 saturated heterocycles. The van der Waals surface area contributed by atoms with Crippen molar-refractivity contribution in [2.24, 2.45) is 5.92 Å². The maximum atomic E-state index is 12.5. The van der Waals surface area contributed by atoms with E-state index < -0.39 is 0 Å². The fraction of sp³-hybridized carbons (Fsp3) is 0.375.